The number of rotatable bonds is 3. The summed E-state index contributed by atoms with van der Waals surface area (Å²) >= 11 is 0. The molecule has 1 aromatic rings. The molecule has 2 saturated carbocycles. The summed E-state index contributed by atoms with van der Waals surface area (Å²) in [4.78, 5) is 23.4. The first-order valence-corrected chi connectivity index (χ1v) is 8.39. The van der Waals surface area contributed by atoms with E-state index in [1.54, 1.807) is 4.90 Å². The molecule has 2 aliphatic carbocycles. The van der Waals surface area contributed by atoms with Crippen LogP contribution >= 0.6 is 0 Å². The summed E-state index contributed by atoms with van der Waals surface area (Å²) in [6, 6.07) is 0. The van der Waals surface area contributed by atoms with Crippen LogP contribution in [0.4, 0.5) is 19.0 Å². The Hall–Kier alpha value is -1.86. The summed E-state index contributed by atoms with van der Waals surface area (Å²) in [5.74, 6) is -4.44. The zero-order chi connectivity index (χ0) is 16.9. The highest BCUT2D eigenvalue weighted by molar-refractivity contribution is 5.83. The van der Waals surface area contributed by atoms with Gasteiger partial charge in [-0.1, -0.05) is 6.42 Å². The fraction of sp³-hybridized carbons (Fsp3) is 0.688. The lowest BCUT2D eigenvalue weighted by Gasteiger charge is -2.36. The molecule has 0 spiro atoms. The van der Waals surface area contributed by atoms with Crippen LogP contribution in [-0.2, 0) is 4.79 Å². The van der Waals surface area contributed by atoms with Crippen molar-refractivity contribution < 1.29 is 18.0 Å². The van der Waals surface area contributed by atoms with Crippen LogP contribution in [0.15, 0.2) is 6.33 Å². The van der Waals surface area contributed by atoms with Gasteiger partial charge in [-0.05, 0) is 12.8 Å². The van der Waals surface area contributed by atoms with Crippen molar-refractivity contribution in [3.05, 3.63) is 17.8 Å². The molecule has 0 bridgehead atoms. The largest absolute Gasteiger partial charge is 0.351 e. The molecule has 130 valence electrons. The molecule has 1 aliphatic heterocycles. The highest BCUT2D eigenvalue weighted by Gasteiger charge is 2.62. The quantitative estimate of drug-likeness (QED) is 0.846. The zero-order valence-electron chi connectivity index (χ0n) is 13.2. The van der Waals surface area contributed by atoms with Crippen LogP contribution < -0.4 is 4.90 Å². The Morgan fingerprint density at radius 2 is 1.83 bits per heavy atom. The number of aromatic nitrogens is 2. The van der Waals surface area contributed by atoms with E-state index in [1.807, 2.05) is 0 Å². The van der Waals surface area contributed by atoms with Gasteiger partial charge in [-0.15, -0.1) is 0 Å². The van der Waals surface area contributed by atoms with E-state index in [0.717, 1.165) is 19.3 Å². The zero-order valence-corrected chi connectivity index (χ0v) is 13.2. The molecule has 0 radical (unpaired) electrons. The first-order chi connectivity index (χ1) is 11.5. The van der Waals surface area contributed by atoms with Crippen LogP contribution in [0.5, 0.6) is 0 Å². The van der Waals surface area contributed by atoms with E-state index in [0.29, 0.717) is 31.9 Å². The number of piperazine rings is 1. The molecule has 0 aromatic carbocycles. The molecule has 1 saturated heterocycles. The molecule has 5 nitrogen and oxygen atoms in total. The number of anilines is 1. The molecule has 8 heteroatoms. The van der Waals surface area contributed by atoms with Gasteiger partial charge in [-0.2, -0.15) is 0 Å². The number of halogens is 3. The van der Waals surface area contributed by atoms with E-state index in [2.05, 4.69) is 9.97 Å². The first-order valence-electron chi connectivity index (χ1n) is 8.39. The van der Waals surface area contributed by atoms with Crippen LogP contribution in [0.3, 0.4) is 0 Å². The maximum absolute atomic E-state index is 14.7. The Bertz CT molecular complexity index is 657. The number of hydrogen-bond donors (Lipinski definition) is 0. The minimum atomic E-state index is -2.84. The summed E-state index contributed by atoms with van der Waals surface area (Å²) in [6.07, 6.45) is 4.03. The maximum atomic E-state index is 14.7. The van der Waals surface area contributed by atoms with E-state index in [-0.39, 0.29) is 24.0 Å². The molecule has 0 N–H and O–H groups in total. The SMILES string of the molecule is O=C(C1CC1(F)F)N1CCN(c2ncnc(C3CCC3)c2F)CC1. The maximum Gasteiger partial charge on any atom is 0.260 e. The van der Waals surface area contributed by atoms with Crippen molar-refractivity contribution in [2.24, 2.45) is 5.92 Å². The van der Waals surface area contributed by atoms with Crippen LogP contribution in [0.1, 0.15) is 37.3 Å². The van der Waals surface area contributed by atoms with Crippen molar-refractivity contribution in [2.45, 2.75) is 37.5 Å². The van der Waals surface area contributed by atoms with E-state index in [9.17, 15) is 18.0 Å². The number of amides is 1. The van der Waals surface area contributed by atoms with Crippen LogP contribution in [-0.4, -0.2) is 52.9 Å². The topological polar surface area (TPSA) is 49.3 Å². The fourth-order valence-electron chi connectivity index (χ4n) is 3.40. The predicted octanol–water partition coefficient (Wildman–Crippen LogP) is 2.19. The fourth-order valence-corrected chi connectivity index (χ4v) is 3.40. The van der Waals surface area contributed by atoms with Gasteiger partial charge in [0.2, 0.25) is 5.91 Å². The van der Waals surface area contributed by atoms with Gasteiger partial charge >= 0.3 is 0 Å². The lowest BCUT2D eigenvalue weighted by Crippen LogP contribution is -2.50. The normalized spacial score (nSPS) is 26.2. The van der Waals surface area contributed by atoms with E-state index < -0.39 is 17.7 Å². The second kappa shape index (κ2) is 5.60. The smallest absolute Gasteiger partial charge is 0.260 e. The third-order valence-electron chi connectivity index (χ3n) is 5.30. The van der Waals surface area contributed by atoms with Gasteiger partial charge in [0.25, 0.3) is 5.92 Å². The summed E-state index contributed by atoms with van der Waals surface area (Å²) in [5.41, 5.74) is 0.474. The van der Waals surface area contributed by atoms with E-state index in [4.69, 9.17) is 0 Å². The van der Waals surface area contributed by atoms with Gasteiger partial charge in [0.15, 0.2) is 11.6 Å². The van der Waals surface area contributed by atoms with Gasteiger partial charge in [0.05, 0.1) is 5.69 Å². The minimum Gasteiger partial charge on any atom is -0.351 e. The van der Waals surface area contributed by atoms with Gasteiger partial charge in [0, 0.05) is 38.5 Å². The molecule has 4 rings (SSSR count). The average Bonchev–Trinajstić information content (AvgIpc) is 3.16. The average molecular weight is 340 g/mol. The Morgan fingerprint density at radius 1 is 1.17 bits per heavy atom. The Morgan fingerprint density at radius 3 is 2.38 bits per heavy atom. The number of carbonyl (C=O) groups is 1. The summed E-state index contributed by atoms with van der Waals surface area (Å²) in [5, 5.41) is 0. The van der Waals surface area contributed by atoms with Crippen LogP contribution in [0.25, 0.3) is 0 Å². The second-order valence-corrected chi connectivity index (χ2v) is 6.85. The van der Waals surface area contributed by atoms with Crippen molar-refractivity contribution in [3.8, 4) is 0 Å². The lowest BCUT2D eigenvalue weighted by atomic mass is 9.82. The van der Waals surface area contributed by atoms with Gasteiger partial charge in [-0.25, -0.2) is 23.1 Å². The molecule has 24 heavy (non-hydrogen) atoms. The van der Waals surface area contributed by atoms with Crippen molar-refractivity contribution in [1.82, 2.24) is 14.9 Å². The Balaban J connectivity index is 1.42. The van der Waals surface area contributed by atoms with E-state index >= 15 is 0 Å². The van der Waals surface area contributed by atoms with Crippen molar-refractivity contribution in [2.75, 3.05) is 31.1 Å². The molecule has 1 amide bonds. The highest BCUT2D eigenvalue weighted by Crippen LogP contribution is 2.49. The molecule has 3 aliphatic rings. The predicted molar refractivity (Wildman–Crippen MR) is 80.4 cm³/mol. The monoisotopic (exact) mass is 340 g/mol. The Labute approximate surface area is 137 Å². The van der Waals surface area contributed by atoms with Crippen molar-refractivity contribution in [3.63, 3.8) is 0 Å². The van der Waals surface area contributed by atoms with Crippen molar-refractivity contribution >= 4 is 11.7 Å². The number of carbonyl (C=O) groups excluding carboxylic acids is 1. The number of hydrogen-bond acceptors (Lipinski definition) is 4. The van der Waals surface area contributed by atoms with Crippen molar-refractivity contribution in [1.29, 1.82) is 0 Å². The molecular formula is C16H19F3N4O. The molecule has 1 atom stereocenters. The van der Waals surface area contributed by atoms with Crippen LogP contribution in [0.2, 0.25) is 0 Å². The standard InChI is InChI=1S/C16H19F3N4O/c17-12-13(10-2-1-3-10)20-9-21-14(12)22-4-6-23(7-5-22)15(24)11-8-16(11,18)19/h9-11H,1-8H2. The van der Waals surface area contributed by atoms with Crippen LogP contribution in [0, 0.1) is 11.7 Å². The van der Waals surface area contributed by atoms with Gasteiger partial charge in [0.1, 0.15) is 12.2 Å². The first kappa shape index (κ1) is 15.7. The Kier molecular flexibility index (Phi) is 3.65. The number of alkyl halides is 2. The second-order valence-electron chi connectivity index (χ2n) is 6.85. The summed E-state index contributed by atoms with van der Waals surface area (Å²) < 4.78 is 40.7. The molecule has 1 unspecified atom stereocenters. The molecule has 2 heterocycles. The van der Waals surface area contributed by atoms with E-state index in [1.165, 1.54) is 11.2 Å². The lowest BCUT2D eigenvalue weighted by molar-refractivity contribution is -0.135. The summed E-state index contributed by atoms with van der Waals surface area (Å²) in [6.45, 7) is 1.41. The highest BCUT2D eigenvalue weighted by atomic mass is 19.3. The molecule has 3 fully saturated rings. The third-order valence-corrected chi connectivity index (χ3v) is 5.30. The molecule has 1 aromatic heterocycles. The number of nitrogens with zero attached hydrogens (tertiary/aromatic N) is 4. The van der Waals surface area contributed by atoms with Gasteiger partial charge in [-0.3, -0.25) is 4.79 Å². The summed E-state index contributed by atoms with van der Waals surface area (Å²) in [7, 11) is 0. The van der Waals surface area contributed by atoms with Gasteiger partial charge < -0.3 is 9.80 Å². The molecular weight excluding hydrogens is 321 g/mol. The third kappa shape index (κ3) is 2.61. The minimum absolute atomic E-state index is 0.173.